The molecule has 1 aliphatic rings. The van der Waals surface area contributed by atoms with Crippen LogP contribution in [0.2, 0.25) is 0 Å². The topological polar surface area (TPSA) is 43.7 Å². The maximum atomic E-state index is 12.6. The van der Waals surface area contributed by atoms with Gasteiger partial charge in [0.15, 0.2) is 0 Å². The molecule has 1 aliphatic heterocycles. The van der Waals surface area contributed by atoms with Gasteiger partial charge in [-0.15, -0.1) is 0 Å². The Bertz CT molecular complexity index is 735. The monoisotopic (exact) mass is 344 g/mol. The summed E-state index contributed by atoms with van der Waals surface area (Å²) >= 11 is 0. The summed E-state index contributed by atoms with van der Waals surface area (Å²) in [5, 5.41) is 1.59. The van der Waals surface area contributed by atoms with Crippen molar-refractivity contribution in [3.63, 3.8) is 0 Å². The maximum absolute atomic E-state index is 12.6. The zero-order chi connectivity index (χ0) is 17.5. The molecule has 1 aromatic carbocycles. The molecule has 0 amide bonds. The van der Waals surface area contributed by atoms with Gasteiger partial charge >= 0.3 is 0 Å². The van der Waals surface area contributed by atoms with Gasteiger partial charge in [0.2, 0.25) is 0 Å². The molecule has 0 atom stereocenters. The van der Waals surface area contributed by atoms with E-state index in [1.807, 2.05) is 37.4 Å². The Hall–Kier alpha value is -1.85. The van der Waals surface area contributed by atoms with Crippen LogP contribution in [0.4, 0.5) is 0 Å². The van der Waals surface area contributed by atoms with E-state index in [1.54, 1.807) is 4.57 Å². The first kappa shape index (κ1) is 18.0. The minimum Gasteiger partial charge on any atom is -0.492 e. The number of likely N-dealkylation sites (tertiary alicyclic amines) is 1. The molecular weight excluding hydrogens is 316 g/mol. The molecule has 2 aromatic rings. The average Bonchev–Trinajstić information content (AvgIpc) is 2.65. The zero-order valence-electron chi connectivity index (χ0n) is 15.1. The van der Waals surface area contributed by atoms with Crippen molar-refractivity contribution in [2.75, 3.05) is 39.5 Å². The standard InChI is InChI=1S/C20H28N2O3/c1-2-24-15-14-22-12-9-17-18(20(22)23)7-6-8-19(17)25-16-13-21-10-4-3-5-11-21/h6-9,12H,2-5,10-11,13-16H2,1H3. The normalized spacial score (nSPS) is 15.6. The highest BCUT2D eigenvalue weighted by Gasteiger charge is 2.11. The van der Waals surface area contributed by atoms with Crippen LogP contribution in [0.1, 0.15) is 26.2 Å². The van der Waals surface area contributed by atoms with Crippen molar-refractivity contribution in [2.24, 2.45) is 0 Å². The molecule has 3 rings (SSSR count). The largest absolute Gasteiger partial charge is 0.492 e. The van der Waals surface area contributed by atoms with E-state index in [-0.39, 0.29) is 5.56 Å². The maximum Gasteiger partial charge on any atom is 0.258 e. The van der Waals surface area contributed by atoms with Crippen LogP contribution in [-0.2, 0) is 11.3 Å². The van der Waals surface area contributed by atoms with Crippen molar-refractivity contribution in [2.45, 2.75) is 32.7 Å². The predicted molar refractivity (Wildman–Crippen MR) is 100 cm³/mol. The molecule has 0 unspecified atom stereocenters. The van der Waals surface area contributed by atoms with Gasteiger partial charge in [0.1, 0.15) is 12.4 Å². The number of hydrogen-bond acceptors (Lipinski definition) is 4. The van der Waals surface area contributed by atoms with E-state index in [2.05, 4.69) is 4.90 Å². The van der Waals surface area contributed by atoms with Crippen LogP contribution in [0.3, 0.4) is 0 Å². The Morgan fingerprint density at radius 2 is 1.84 bits per heavy atom. The van der Waals surface area contributed by atoms with E-state index in [9.17, 15) is 4.79 Å². The fraction of sp³-hybridized carbons (Fsp3) is 0.550. The highest BCUT2D eigenvalue weighted by atomic mass is 16.5. The highest BCUT2D eigenvalue weighted by Crippen LogP contribution is 2.23. The van der Waals surface area contributed by atoms with Crippen LogP contribution in [-0.4, -0.2) is 48.9 Å². The lowest BCUT2D eigenvalue weighted by Crippen LogP contribution is -2.33. The number of pyridine rings is 1. The van der Waals surface area contributed by atoms with E-state index >= 15 is 0 Å². The molecule has 0 bridgehead atoms. The summed E-state index contributed by atoms with van der Waals surface area (Å²) in [4.78, 5) is 15.1. The van der Waals surface area contributed by atoms with Crippen molar-refractivity contribution in [3.8, 4) is 5.75 Å². The molecule has 0 N–H and O–H groups in total. The molecule has 0 radical (unpaired) electrons. The number of ether oxygens (including phenoxy) is 2. The first-order valence-corrected chi connectivity index (χ1v) is 9.34. The lowest BCUT2D eigenvalue weighted by atomic mass is 10.1. The van der Waals surface area contributed by atoms with Crippen molar-refractivity contribution in [3.05, 3.63) is 40.8 Å². The summed E-state index contributed by atoms with van der Waals surface area (Å²) in [5.41, 5.74) is 0.0127. The van der Waals surface area contributed by atoms with Gasteiger partial charge in [-0.2, -0.15) is 0 Å². The number of fused-ring (bicyclic) bond motifs is 1. The second-order valence-corrected chi connectivity index (χ2v) is 6.48. The van der Waals surface area contributed by atoms with E-state index in [0.29, 0.717) is 31.8 Å². The van der Waals surface area contributed by atoms with Crippen LogP contribution in [0, 0.1) is 0 Å². The molecular formula is C20H28N2O3. The first-order valence-electron chi connectivity index (χ1n) is 9.34. The molecule has 1 aromatic heterocycles. The quantitative estimate of drug-likeness (QED) is 0.691. The van der Waals surface area contributed by atoms with Crippen LogP contribution in [0.25, 0.3) is 10.8 Å². The third kappa shape index (κ3) is 4.61. The molecule has 0 spiro atoms. The summed E-state index contributed by atoms with van der Waals surface area (Å²) in [7, 11) is 0. The third-order valence-corrected chi connectivity index (χ3v) is 4.77. The average molecular weight is 344 g/mol. The second kappa shape index (κ2) is 9.02. The Morgan fingerprint density at radius 1 is 1.00 bits per heavy atom. The molecule has 5 nitrogen and oxygen atoms in total. The summed E-state index contributed by atoms with van der Waals surface area (Å²) in [6, 6.07) is 7.68. The van der Waals surface area contributed by atoms with Gasteiger partial charge in [-0.3, -0.25) is 9.69 Å². The minimum atomic E-state index is 0.0127. The van der Waals surface area contributed by atoms with Gasteiger partial charge in [-0.25, -0.2) is 0 Å². The number of aromatic nitrogens is 1. The fourth-order valence-electron chi connectivity index (χ4n) is 3.37. The molecule has 136 valence electrons. The van der Waals surface area contributed by atoms with E-state index in [0.717, 1.165) is 17.7 Å². The number of piperidine rings is 1. The van der Waals surface area contributed by atoms with E-state index in [1.165, 1.54) is 32.4 Å². The minimum absolute atomic E-state index is 0.0127. The molecule has 0 aliphatic carbocycles. The van der Waals surface area contributed by atoms with Gasteiger partial charge in [0.25, 0.3) is 5.56 Å². The lowest BCUT2D eigenvalue weighted by Gasteiger charge is -2.26. The molecule has 1 fully saturated rings. The Morgan fingerprint density at radius 3 is 2.64 bits per heavy atom. The molecule has 1 saturated heterocycles. The third-order valence-electron chi connectivity index (χ3n) is 4.77. The SMILES string of the molecule is CCOCCn1ccc2c(OCCN3CCCCC3)cccc2c1=O. The summed E-state index contributed by atoms with van der Waals surface area (Å²) in [6.45, 7) is 7.69. The summed E-state index contributed by atoms with van der Waals surface area (Å²) in [6.07, 6.45) is 5.75. The van der Waals surface area contributed by atoms with E-state index < -0.39 is 0 Å². The summed E-state index contributed by atoms with van der Waals surface area (Å²) < 4.78 is 13.1. The molecule has 2 heterocycles. The van der Waals surface area contributed by atoms with Gasteiger partial charge in [0.05, 0.1) is 12.0 Å². The van der Waals surface area contributed by atoms with Crippen LogP contribution in [0.15, 0.2) is 35.3 Å². The van der Waals surface area contributed by atoms with Gasteiger partial charge in [-0.05, 0) is 51.1 Å². The highest BCUT2D eigenvalue weighted by molar-refractivity contribution is 5.87. The van der Waals surface area contributed by atoms with Crippen molar-refractivity contribution in [1.82, 2.24) is 9.47 Å². The van der Waals surface area contributed by atoms with Crippen LogP contribution >= 0.6 is 0 Å². The molecule has 25 heavy (non-hydrogen) atoms. The molecule has 0 saturated carbocycles. The van der Waals surface area contributed by atoms with Crippen LogP contribution in [0.5, 0.6) is 5.75 Å². The first-order chi connectivity index (χ1) is 12.3. The van der Waals surface area contributed by atoms with Crippen molar-refractivity contribution >= 4 is 10.8 Å². The van der Waals surface area contributed by atoms with E-state index in [4.69, 9.17) is 9.47 Å². The van der Waals surface area contributed by atoms with Gasteiger partial charge in [0, 0.05) is 31.3 Å². The van der Waals surface area contributed by atoms with Crippen LogP contribution < -0.4 is 10.3 Å². The Labute approximate surface area is 149 Å². The second-order valence-electron chi connectivity index (χ2n) is 6.48. The Balaban J connectivity index is 1.68. The lowest BCUT2D eigenvalue weighted by molar-refractivity contribution is 0.138. The zero-order valence-corrected chi connectivity index (χ0v) is 15.1. The fourth-order valence-corrected chi connectivity index (χ4v) is 3.37. The summed E-state index contributed by atoms with van der Waals surface area (Å²) in [5.74, 6) is 0.795. The number of nitrogens with zero attached hydrogens (tertiary/aromatic N) is 2. The smallest absolute Gasteiger partial charge is 0.258 e. The number of benzene rings is 1. The number of rotatable bonds is 8. The Kier molecular flexibility index (Phi) is 6.48. The molecule has 5 heteroatoms. The van der Waals surface area contributed by atoms with Crippen molar-refractivity contribution in [1.29, 1.82) is 0 Å². The predicted octanol–water partition coefficient (Wildman–Crippen LogP) is 2.90. The number of hydrogen-bond donors (Lipinski definition) is 0. The van der Waals surface area contributed by atoms with Gasteiger partial charge in [-0.1, -0.05) is 12.5 Å². The van der Waals surface area contributed by atoms with Gasteiger partial charge < -0.3 is 14.0 Å². The van der Waals surface area contributed by atoms with Crippen molar-refractivity contribution < 1.29 is 9.47 Å².